The Morgan fingerprint density at radius 3 is 2.77 bits per heavy atom. The van der Waals surface area contributed by atoms with Gasteiger partial charge < -0.3 is 5.32 Å². The standard InChI is InChI=1S/C26H23ClFN3O2S2/c1-14-7-10-20(15(2)11-14)31-25(33)23-17-5-3-4-6-21(17)35-24(23)30-26(31)34-13-22(32)29-19-9-8-16(28)12-18(19)27/h7-12H,3-6,13H2,1-2H3,(H,29,32). The van der Waals surface area contributed by atoms with Crippen LogP contribution < -0.4 is 10.9 Å². The van der Waals surface area contributed by atoms with Gasteiger partial charge >= 0.3 is 0 Å². The van der Waals surface area contributed by atoms with Crippen molar-refractivity contribution < 1.29 is 9.18 Å². The summed E-state index contributed by atoms with van der Waals surface area (Å²) in [5.74, 6) is -0.784. The van der Waals surface area contributed by atoms with Crippen LogP contribution in [0.25, 0.3) is 15.9 Å². The van der Waals surface area contributed by atoms with Gasteiger partial charge in [0, 0.05) is 4.88 Å². The molecule has 2 aromatic carbocycles. The van der Waals surface area contributed by atoms with Gasteiger partial charge in [-0.15, -0.1) is 11.3 Å². The Bertz CT molecular complexity index is 1530. The molecule has 5 rings (SSSR count). The van der Waals surface area contributed by atoms with Crippen LogP contribution in [0.1, 0.15) is 34.4 Å². The molecule has 180 valence electrons. The molecule has 4 aromatic rings. The summed E-state index contributed by atoms with van der Waals surface area (Å²) in [7, 11) is 0. The Balaban J connectivity index is 1.54. The Morgan fingerprint density at radius 2 is 2.00 bits per heavy atom. The van der Waals surface area contributed by atoms with E-state index in [1.165, 1.54) is 28.8 Å². The van der Waals surface area contributed by atoms with E-state index < -0.39 is 5.82 Å². The lowest BCUT2D eigenvalue weighted by molar-refractivity contribution is -0.113. The lowest BCUT2D eigenvalue weighted by atomic mass is 9.97. The number of hydrogen-bond donors (Lipinski definition) is 1. The van der Waals surface area contributed by atoms with Gasteiger partial charge in [0.2, 0.25) is 5.91 Å². The second-order valence-corrected chi connectivity index (χ2v) is 11.1. The fourth-order valence-electron chi connectivity index (χ4n) is 4.46. The zero-order valence-corrected chi connectivity index (χ0v) is 21.7. The quantitative estimate of drug-likeness (QED) is 0.239. The van der Waals surface area contributed by atoms with Crippen molar-refractivity contribution in [2.45, 2.75) is 44.7 Å². The van der Waals surface area contributed by atoms with Gasteiger partial charge in [-0.1, -0.05) is 41.1 Å². The maximum absolute atomic E-state index is 13.9. The summed E-state index contributed by atoms with van der Waals surface area (Å²) in [4.78, 5) is 33.4. The minimum Gasteiger partial charge on any atom is -0.324 e. The minimum atomic E-state index is -0.476. The van der Waals surface area contributed by atoms with Crippen molar-refractivity contribution in [1.82, 2.24) is 9.55 Å². The first-order valence-electron chi connectivity index (χ1n) is 11.3. The fraction of sp³-hybridized carbons (Fsp3) is 0.269. The minimum absolute atomic E-state index is 0.0155. The molecule has 0 unspecified atom stereocenters. The molecule has 1 N–H and O–H groups in total. The first kappa shape index (κ1) is 24.0. The van der Waals surface area contributed by atoms with Crippen LogP contribution in [0.2, 0.25) is 5.02 Å². The topological polar surface area (TPSA) is 64.0 Å². The zero-order chi connectivity index (χ0) is 24.7. The van der Waals surface area contributed by atoms with Crippen LogP contribution in [0.15, 0.2) is 46.3 Å². The first-order chi connectivity index (χ1) is 16.8. The van der Waals surface area contributed by atoms with Crippen LogP contribution in [-0.2, 0) is 17.6 Å². The number of halogens is 2. The van der Waals surface area contributed by atoms with E-state index in [-0.39, 0.29) is 22.2 Å². The number of anilines is 1. The van der Waals surface area contributed by atoms with Crippen molar-refractivity contribution >= 4 is 56.5 Å². The average molecular weight is 528 g/mol. The van der Waals surface area contributed by atoms with E-state index in [2.05, 4.69) is 5.32 Å². The van der Waals surface area contributed by atoms with E-state index in [4.69, 9.17) is 16.6 Å². The molecule has 0 aliphatic heterocycles. The molecule has 0 atom stereocenters. The highest BCUT2D eigenvalue weighted by Gasteiger charge is 2.24. The molecule has 5 nitrogen and oxygen atoms in total. The summed E-state index contributed by atoms with van der Waals surface area (Å²) in [6.07, 6.45) is 4.07. The molecule has 1 aliphatic carbocycles. The predicted molar refractivity (Wildman–Crippen MR) is 142 cm³/mol. The zero-order valence-electron chi connectivity index (χ0n) is 19.3. The first-order valence-corrected chi connectivity index (χ1v) is 13.5. The van der Waals surface area contributed by atoms with Gasteiger partial charge in [-0.3, -0.25) is 14.2 Å². The molecule has 0 bridgehead atoms. The number of aryl methyl sites for hydroxylation is 4. The second-order valence-electron chi connectivity index (χ2n) is 8.68. The Kier molecular flexibility index (Phi) is 6.70. The van der Waals surface area contributed by atoms with Crippen LogP contribution in [0.4, 0.5) is 10.1 Å². The number of thioether (sulfide) groups is 1. The number of nitrogens with one attached hydrogen (secondary N) is 1. The van der Waals surface area contributed by atoms with Gasteiger partial charge in [0.05, 0.1) is 27.5 Å². The van der Waals surface area contributed by atoms with Crippen molar-refractivity contribution in [1.29, 1.82) is 0 Å². The molecular weight excluding hydrogens is 505 g/mol. The van der Waals surface area contributed by atoms with Gasteiger partial charge in [-0.25, -0.2) is 9.37 Å². The van der Waals surface area contributed by atoms with Gasteiger partial charge in [0.1, 0.15) is 10.6 Å². The smallest absolute Gasteiger partial charge is 0.267 e. The number of benzene rings is 2. The molecule has 9 heteroatoms. The van der Waals surface area contributed by atoms with Crippen LogP contribution in [0, 0.1) is 19.7 Å². The molecule has 1 amide bonds. The lowest BCUT2D eigenvalue weighted by Crippen LogP contribution is -2.24. The van der Waals surface area contributed by atoms with Gasteiger partial charge in [-0.05, 0) is 74.9 Å². The van der Waals surface area contributed by atoms with Crippen molar-refractivity contribution in [2.24, 2.45) is 0 Å². The van der Waals surface area contributed by atoms with E-state index >= 15 is 0 Å². The van der Waals surface area contributed by atoms with Gasteiger partial charge in [-0.2, -0.15) is 0 Å². The van der Waals surface area contributed by atoms with Crippen LogP contribution in [-0.4, -0.2) is 21.2 Å². The van der Waals surface area contributed by atoms with Crippen LogP contribution in [0.3, 0.4) is 0 Å². The molecule has 0 fully saturated rings. The largest absolute Gasteiger partial charge is 0.324 e. The SMILES string of the molecule is Cc1ccc(-n2c(SCC(=O)Nc3ccc(F)cc3Cl)nc3sc4c(c3c2=O)CCCC4)c(C)c1. The number of fused-ring (bicyclic) bond motifs is 3. The van der Waals surface area contributed by atoms with E-state index in [0.717, 1.165) is 59.0 Å². The van der Waals surface area contributed by atoms with Crippen molar-refractivity contribution in [3.05, 3.63) is 79.2 Å². The summed E-state index contributed by atoms with van der Waals surface area (Å²) in [6, 6.07) is 9.75. The molecule has 0 saturated carbocycles. The number of thiophene rings is 1. The average Bonchev–Trinajstić information content (AvgIpc) is 3.19. The Morgan fingerprint density at radius 1 is 1.20 bits per heavy atom. The normalized spacial score (nSPS) is 13.1. The summed E-state index contributed by atoms with van der Waals surface area (Å²) in [6.45, 7) is 3.98. The highest BCUT2D eigenvalue weighted by Crippen LogP contribution is 2.35. The molecule has 0 radical (unpaired) electrons. The highest BCUT2D eigenvalue weighted by molar-refractivity contribution is 7.99. The molecule has 1 aliphatic rings. The molecule has 2 heterocycles. The highest BCUT2D eigenvalue weighted by atomic mass is 35.5. The summed E-state index contributed by atoms with van der Waals surface area (Å²) in [5, 5.41) is 4.00. The van der Waals surface area contributed by atoms with Crippen LogP contribution >= 0.6 is 34.7 Å². The molecule has 0 saturated heterocycles. The lowest BCUT2D eigenvalue weighted by Gasteiger charge is -2.16. The second kappa shape index (κ2) is 9.76. The van der Waals surface area contributed by atoms with E-state index in [1.54, 1.807) is 15.9 Å². The third-order valence-electron chi connectivity index (χ3n) is 6.09. The number of hydrogen-bond acceptors (Lipinski definition) is 5. The number of aromatic nitrogens is 2. The maximum atomic E-state index is 13.9. The number of amides is 1. The maximum Gasteiger partial charge on any atom is 0.267 e. The summed E-state index contributed by atoms with van der Waals surface area (Å²) < 4.78 is 15.0. The number of carbonyl (C=O) groups is 1. The Labute approximate surface area is 215 Å². The Hall–Kier alpha value is -2.68. The molecule has 2 aromatic heterocycles. The van der Waals surface area contributed by atoms with Crippen molar-refractivity contribution in [3.8, 4) is 5.69 Å². The van der Waals surface area contributed by atoms with E-state index in [1.807, 2.05) is 32.0 Å². The van der Waals surface area contributed by atoms with Crippen LogP contribution in [0.5, 0.6) is 0 Å². The van der Waals surface area contributed by atoms with E-state index in [0.29, 0.717) is 16.2 Å². The molecular formula is C26H23ClFN3O2S2. The number of rotatable bonds is 5. The van der Waals surface area contributed by atoms with E-state index in [9.17, 15) is 14.0 Å². The fourth-order valence-corrected chi connectivity index (χ4v) is 6.78. The van der Waals surface area contributed by atoms with Crippen molar-refractivity contribution in [3.63, 3.8) is 0 Å². The molecule has 35 heavy (non-hydrogen) atoms. The third-order valence-corrected chi connectivity index (χ3v) is 8.53. The molecule has 0 spiro atoms. The number of carbonyl (C=O) groups excluding carboxylic acids is 1. The summed E-state index contributed by atoms with van der Waals surface area (Å²) >= 11 is 8.83. The monoisotopic (exact) mass is 527 g/mol. The number of nitrogens with zero attached hydrogens (tertiary/aromatic N) is 2. The van der Waals surface area contributed by atoms with Crippen molar-refractivity contribution in [2.75, 3.05) is 11.1 Å². The summed E-state index contributed by atoms with van der Waals surface area (Å²) in [5.41, 5.74) is 4.20. The predicted octanol–water partition coefficient (Wildman–Crippen LogP) is 6.47. The third kappa shape index (κ3) is 4.75. The van der Waals surface area contributed by atoms with Gasteiger partial charge in [0.25, 0.3) is 5.56 Å². The van der Waals surface area contributed by atoms with Gasteiger partial charge in [0.15, 0.2) is 5.16 Å².